The third-order valence-electron chi connectivity index (χ3n) is 3.24. The van der Waals surface area contributed by atoms with Crippen molar-refractivity contribution >= 4 is 40.3 Å². The van der Waals surface area contributed by atoms with Crippen molar-refractivity contribution in [1.29, 1.82) is 0 Å². The summed E-state index contributed by atoms with van der Waals surface area (Å²) >= 11 is 2.43. The second-order valence-electron chi connectivity index (χ2n) is 5.23. The topological polar surface area (TPSA) is 85.1 Å². The van der Waals surface area contributed by atoms with Gasteiger partial charge in [-0.1, -0.05) is 47.0 Å². The number of aryl methyl sites for hydroxylation is 1. The van der Waals surface area contributed by atoms with Crippen LogP contribution in [0.25, 0.3) is 0 Å². The quantitative estimate of drug-likeness (QED) is 0.464. The van der Waals surface area contributed by atoms with E-state index < -0.39 is 0 Å². The molecule has 0 fully saturated rings. The van der Waals surface area contributed by atoms with E-state index in [-0.39, 0.29) is 30.2 Å². The summed E-state index contributed by atoms with van der Waals surface area (Å²) in [4.78, 5) is 22.7. The molecule has 0 saturated heterocycles. The minimum absolute atomic E-state index is 0. The molecular formula is C17H14N3O3S2V-. The molecule has 0 atom stereocenters. The molecular weight excluding hydrogens is 409 g/mol. The second-order valence-corrected chi connectivity index (χ2v) is 7.07. The van der Waals surface area contributed by atoms with Crippen LogP contribution in [0, 0.1) is 6.92 Å². The Morgan fingerprint density at radius 2 is 2.19 bits per heavy atom. The van der Waals surface area contributed by atoms with Gasteiger partial charge in [-0.2, -0.15) is 0 Å². The Kier molecular flexibility index (Phi) is 7.65. The van der Waals surface area contributed by atoms with Gasteiger partial charge in [-0.25, -0.2) is 11.3 Å². The summed E-state index contributed by atoms with van der Waals surface area (Å²) in [5.74, 6) is 0.370. The summed E-state index contributed by atoms with van der Waals surface area (Å²) in [5.41, 5.74) is 2.61. The fourth-order valence-electron chi connectivity index (χ4n) is 2.14. The van der Waals surface area contributed by atoms with Crippen LogP contribution in [-0.4, -0.2) is 28.1 Å². The Morgan fingerprint density at radius 1 is 1.35 bits per heavy atom. The molecule has 0 bridgehead atoms. The van der Waals surface area contributed by atoms with Gasteiger partial charge >= 0.3 is 0 Å². The molecule has 0 spiro atoms. The van der Waals surface area contributed by atoms with Gasteiger partial charge in [0.15, 0.2) is 0 Å². The van der Waals surface area contributed by atoms with E-state index >= 15 is 0 Å². The zero-order chi connectivity index (χ0) is 17.6. The number of thiophene rings is 1. The predicted octanol–water partition coefficient (Wildman–Crippen LogP) is 3.22. The maximum atomic E-state index is 11.9. The summed E-state index contributed by atoms with van der Waals surface area (Å²) in [6.07, 6.45) is 2.33. The Labute approximate surface area is 170 Å². The molecule has 1 radical (unpaired) electrons. The van der Waals surface area contributed by atoms with E-state index in [9.17, 15) is 9.59 Å². The van der Waals surface area contributed by atoms with Crippen molar-refractivity contribution < 1.29 is 32.6 Å². The summed E-state index contributed by atoms with van der Waals surface area (Å²) in [6, 6.07) is 9.68. The number of amides is 1. The number of nitrogens with zero attached hydrogens (tertiary/aromatic N) is 2. The molecule has 0 unspecified atom stereocenters. The number of carbonyl (C=O) groups excluding carboxylic acids is 2. The first-order chi connectivity index (χ1) is 12.1. The van der Waals surface area contributed by atoms with Crippen LogP contribution in [0.15, 0.2) is 45.4 Å². The third-order valence-corrected chi connectivity index (χ3v) is 4.89. The molecule has 2 heterocycles. The molecule has 26 heavy (non-hydrogen) atoms. The summed E-state index contributed by atoms with van der Waals surface area (Å²) < 4.78 is 5.56. The maximum Gasteiger partial charge on any atom is 0.277 e. The van der Waals surface area contributed by atoms with E-state index in [1.807, 2.05) is 25.1 Å². The second kappa shape index (κ2) is 9.73. The largest absolute Gasteiger partial charge is 0.416 e. The molecule has 0 aliphatic heterocycles. The van der Waals surface area contributed by atoms with Gasteiger partial charge in [-0.05, 0) is 17.5 Å². The summed E-state index contributed by atoms with van der Waals surface area (Å²) in [5, 5.41) is 13.2. The molecule has 1 N–H and O–H groups in total. The van der Waals surface area contributed by atoms with E-state index in [2.05, 4.69) is 21.6 Å². The van der Waals surface area contributed by atoms with Crippen molar-refractivity contribution in [2.45, 2.75) is 18.6 Å². The van der Waals surface area contributed by atoms with Crippen LogP contribution in [0.4, 0.5) is 5.00 Å². The van der Waals surface area contributed by atoms with Crippen molar-refractivity contribution in [2.24, 2.45) is 0 Å². The molecule has 0 aliphatic rings. The van der Waals surface area contributed by atoms with Gasteiger partial charge in [0.2, 0.25) is 11.8 Å². The Hall–Kier alpha value is -1.87. The Morgan fingerprint density at radius 3 is 2.96 bits per heavy atom. The van der Waals surface area contributed by atoms with E-state index in [1.54, 1.807) is 17.7 Å². The molecule has 6 nitrogen and oxygen atoms in total. The van der Waals surface area contributed by atoms with Crippen LogP contribution in [0.5, 0.6) is 0 Å². The number of carbonyl (C=O) groups is 1. The van der Waals surface area contributed by atoms with Gasteiger partial charge in [-0.15, -0.1) is 21.8 Å². The van der Waals surface area contributed by atoms with E-state index in [1.165, 1.54) is 16.9 Å². The number of benzene rings is 1. The van der Waals surface area contributed by atoms with Crippen LogP contribution in [0.3, 0.4) is 0 Å². The van der Waals surface area contributed by atoms with Crippen molar-refractivity contribution in [3.8, 4) is 0 Å². The first kappa shape index (κ1) is 20.4. The van der Waals surface area contributed by atoms with Gasteiger partial charge in [-0.3, -0.25) is 4.79 Å². The fourth-order valence-corrected chi connectivity index (χ4v) is 3.47. The van der Waals surface area contributed by atoms with Crippen LogP contribution in [-0.2, 0) is 34.6 Å². The molecule has 1 aromatic carbocycles. The van der Waals surface area contributed by atoms with Crippen LogP contribution in [0.1, 0.15) is 22.6 Å². The Balaban J connectivity index is 0.00000243. The van der Waals surface area contributed by atoms with Gasteiger partial charge in [0.25, 0.3) is 5.22 Å². The van der Waals surface area contributed by atoms with E-state index in [0.717, 1.165) is 17.3 Å². The Bertz CT molecular complexity index is 895. The predicted molar refractivity (Wildman–Crippen MR) is 96.8 cm³/mol. The number of anilines is 1. The smallest absolute Gasteiger partial charge is 0.277 e. The number of hydrogen-bond acceptors (Lipinski definition) is 7. The van der Waals surface area contributed by atoms with Gasteiger partial charge in [0, 0.05) is 18.6 Å². The molecule has 9 heteroatoms. The molecule has 0 aliphatic carbocycles. The van der Waals surface area contributed by atoms with E-state index in [4.69, 9.17) is 4.42 Å². The van der Waals surface area contributed by atoms with Crippen molar-refractivity contribution in [3.05, 3.63) is 58.3 Å². The van der Waals surface area contributed by atoms with Crippen LogP contribution >= 0.6 is 23.1 Å². The average Bonchev–Trinajstić information content (AvgIpc) is 3.22. The molecule has 1 amide bonds. The summed E-state index contributed by atoms with van der Waals surface area (Å²) in [6.45, 7) is 2.03. The zero-order valence-electron chi connectivity index (χ0n) is 13.8. The monoisotopic (exact) mass is 423 g/mol. The number of hydrogen-bond donors (Lipinski definition) is 1. The van der Waals surface area contributed by atoms with Gasteiger partial charge < -0.3 is 14.5 Å². The molecule has 3 rings (SSSR count). The van der Waals surface area contributed by atoms with Crippen molar-refractivity contribution in [2.75, 3.05) is 11.1 Å². The maximum absolute atomic E-state index is 11.9. The number of aromatic nitrogens is 2. The number of rotatable bonds is 7. The van der Waals surface area contributed by atoms with E-state index in [0.29, 0.717) is 28.1 Å². The zero-order valence-corrected chi connectivity index (χ0v) is 16.8. The first-order valence-corrected chi connectivity index (χ1v) is 9.27. The SMILES string of the molecule is Cc1cccc(Cc2nnc(SCC(=O)Nc3sccc3[C-]=O)o2)c1.[V]. The minimum atomic E-state index is -0.248. The fraction of sp³-hybridized carbons (Fsp3) is 0.176. The third kappa shape index (κ3) is 5.57. The number of nitrogens with one attached hydrogen (secondary N) is 1. The van der Waals surface area contributed by atoms with Crippen molar-refractivity contribution in [1.82, 2.24) is 10.2 Å². The van der Waals surface area contributed by atoms with Crippen LogP contribution < -0.4 is 5.32 Å². The van der Waals surface area contributed by atoms with Gasteiger partial charge in [0.1, 0.15) is 0 Å². The summed E-state index contributed by atoms with van der Waals surface area (Å²) in [7, 11) is 0. The normalized spacial score (nSPS) is 10.2. The average molecular weight is 423 g/mol. The standard InChI is InChI=1S/C17H14N3O3S2.V/c1-11-3-2-4-12(7-11)8-15-19-20-17(23-15)25-10-14(22)18-16-13(9-21)5-6-24-16;/h2-7H,8,10H2,1H3,(H,18,22);/q-1;. The molecule has 3 aromatic rings. The molecule has 133 valence electrons. The number of thioether (sulfide) groups is 1. The first-order valence-electron chi connectivity index (χ1n) is 7.40. The minimum Gasteiger partial charge on any atom is -0.416 e. The molecule has 0 saturated carbocycles. The molecule has 2 aromatic heterocycles. The van der Waals surface area contributed by atoms with Crippen molar-refractivity contribution in [3.63, 3.8) is 0 Å². The van der Waals surface area contributed by atoms with Crippen LogP contribution in [0.2, 0.25) is 0 Å². The van der Waals surface area contributed by atoms with Gasteiger partial charge in [0.05, 0.1) is 18.5 Å².